The molecule has 0 saturated carbocycles. The fourth-order valence-corrected chi connectivity index (χ4v) is 1.43. The lowest BCUT2D eigenvalue weighted by atomic mass is 10.0. The van der Waals surface area contributed by atoms with Crippen molar-refractivity contribution in [3.63, 3.8) is 0 Å². The minimum atomic E-state index is -0.811. The zero-order valence-corrected chi connectivity index (χ0v) is 9.76. The van der Waals surface area contributed by atoms with Gasteiger partial charge < -0.3 is 10.8 Å². The molecule has 1 aromatic heterocycles. The highest BCUT2D eigenvalue weighted by molar-refractivity contribution is 5.23. The molecule has 1 heterocycles. The zero-order chi connectivity index (χ0) is 12.1. The second kappa shape index (κ2) is 5.65. The van der Waals surface area contributed by atoms with Crippen LogP contribution in [0.4, 0.5) is 5.82 Å². The molecule has 3 N–H and O–H groups in total. The smallest absolute Gasteiger partial charge is 0.351 e. The van der Waals surface area contributed by atoms with Crippen molar-refractivity contribution in [2.75, 3.05) is 5.73 Å². The van der Waals surface area contributed by atoms with Gasteiger partial charge in [-0.05, 0) is 24.8 Å². The Balaban J connectivity index is 2.66. The first kappa shape index (κ1) is 12.7. The Morgan fingerprint density at radius 1 is 1.56 bits per heavy atom. The maximum absolute atomic E-state index is 11.4. The van der Waals surface area contributed by atoms with Crippen LogP contribution < -0.4 is 11.4 Å². The highest BCUT2D eigenvalue weighted by Gasteiger charge is 2.10. The van der Waals surface area contributed by atoms with Crippen LogP contribution in [0.2, 0.25) is 0 Å². The van der Waals surface area contributed by atoms with E-state index in [4.69, 9.17) is 5.73 Å². The third kappa shape index (κ3) is 3.34. The molecule has 0 aliphatic heterocycles. The molecule has 0 fully saturated rings. The van der Waals surface area contributed by atoms with Gasteiger partial charge in [-0.2, -0.15) is 4.98 Å². The Kier molecular flexibility index (Phi) is 4.49. The average molecular weight is 225 g/mol. The predicted molar refractivity (Wildman–Crippen MR) is 62.9 cm³/mol. The van der Waals surface area contributed by atoms with Crippen LogP contribution in [0.3, 0.4) is 0 Å². The number of aliphatic hydroxyl groups is 1. The van der Waals surface area contributed by atoms with Crippen LogP contribution in [-0.2, 0) is 0 Å². The number of nitrogens with two attached hydrogens (primary N) is 1. The first-order valence-corrected chi connectivity index (χ1v) is 5.57. The Morgan fingerprint density at radius 2 is 2.25 bits per heavy atom. The molecule has 0 radical (unpaired) electrons. The third-order valence-corrected chi connectivity index (χ3v) is 2.79. The van der Waals surface area contributed by atoms with Crippen LogP contribution in [0.5, 0.6) is 0 Å². The summed E-state index contributed by atoms with van der Waals surface area (Å²) in [6.07, 6.45) is 3.18. The second-order valence-corrected chi connectivity index (χ2v) is 4.11. The fourth-order valence-electron chi connectivity index (χ4n) is 1.43. The van der Waals surface area contributed by atoms with Gasteiger partial charge in [-0.3, -0.25) is 4.57 Å². The van der Waals surface area contributed by atoms with Crippen molar-refractivity contribution in [3.8, 4) is 0 Å². The van der Waals surface area contributed by atoms with E-state index in [-0.39, 0.29) is 5.82 Å². The van der Waals surface area contributed by atoms with E-state index in [1.54, 1.807) is 0 Å². The molecule has 2 atom stereocenters. The summed E-state index contributed by atoms with van der Waals surface area (Å²) >= 11 is 0. The Bertz CT molecular complexity index is 389. The number of nitrogens with zero attached hydrogens (tertiary/aromatic N) is 2. The topological polar surface area (TPSA) is 81.1 Å². The van der Waals surface area contributed by atoms with Crippen LogP contribution in [0.25, 0.3) is 0 Å². The molecular formula is C11H19N3O2. The van der Waals surface area contributed by atoms with Gasteiger partial charge in [-0.25, -0.2) is 4.79 Å². The number of anilines is 1. The SMILES string of the molecule is CCC(C)CCC(O)n1ccc(N)nc1=O. The Hall–Kier alpha value is -1.36. The number of aromatic nitrogens is 2. The van der Waals surface area contributed by atoms with E-state index < -0.39 is 11.9 Å². The van der Waals surface area contributed by atoms with Crippen LogP contribution in [0, 0.1) is 5.92 Å². The quantitative estimate of drug-likeness (QED) is 0.787. The molecule has 16 heavy (non-hydrogen) atoms. The van der Waals surface area contributed by atoms with E-state index in [0.29, 0.717) is 12.3 Å². The number of hydrogen-bond donors (Lipinski definition) is 2. The van der Waals surface area contributed by atoms with Gasteiger partial charge in [0.1, 0.15) is 12.0 Å². The minimum Gasteiger partial charge on any atom is -0.383 e. The summed E-state index contributed by atoms with van der Waals surface area (Å²) in [4.78, 5) is 15.0. The van der Waals surface area contributed by atoms with Gasteiger partial charge in [-0.15, -0.1) is 0 Å². The van der Waals surface area contributed by atoms with Crippen molar-refractivity contribution in [1.82, 2.24) is 9.55 Å². The van der Waals surface area contributed by atoms with Crippen LogP contribution >= 0.6 is 0 Å². The van der Waals surface area contributed by atoms with Crippen LogP contribution in [-0.4, -0.2) is 14.7 Å². The standard InChI is InChI=1S/C11H19N3O2/c1-3-8(2)4-5-10(15)14-7-6-9(12)13-11(14)16/h6-8,10,15H,3-5H2,1-2H3,(H2,12,13,16). The maximum atomic E-state index is 11.4. The molecule has 0 amide bonds. The normalized spacial score (nSPS) is 14.7. The van der Waals surface area contributed by atoms with Crippen LogP contribution in [0.15, 0.2) is 17.1 Å². The van der Waals surface area contributed by atoms with Crippen molar-refractivity contribution in [2.24, 2.45) is 5.92 Å². The summed E-state index contributed by atoms with van der Waals surface area (Å²) < 4.78 is 1.21. The summed E-state index contributed by atoms with van der Waals surface area (Å²) in [5.74, 6) is 0.725. The number of aliphatic hydroxyl groups excluding tert-OH is 1. The van der Waals surface area contributed by atoms with Crippen LogP contribution in [0.1, 0.15) is 39.3 Å². The monoisotopic (exact) mass is 225 g/mol. The van der Waals surface area contributed by atoms with E-state index in [9.17, 15) is 9.90 Å². The molecule has 90 valence electrons. The third-order valence-electron chi connectivity index (χ3n) is 2.79. The molecule has 1 rings (SSSR count). The predicted octanol–water partition coefficient (Wildman–Crippen LogP) is 1.14. The second-order valence-electron chi connectivity index (χ2n) is 4.11. The van der Waals surface area contributed by atoms with Crippen molar-refractivity contribution in [3.05, 3.63) is 22.7 Å². The Morgan fingerprint density at radius 3 is 2.81 bits per heavy atom. The molecule has 0 aliphatic rings. The summed E-state index contributed by atoms with van der Waals surface area (Å²) in [5, 5.41) is 9.82. The maximum Gasteiger partial charge on any atom is 0.351 e. The highest BCUT2D eigenvalue weighted by atomic mass is 16.3. The highest BCUT2D eigenvalue weighted by Crippen LogP contribution is 2.15. The molecule has 0 bridgehead atoms. The lowest BCUT2D eigenvalue weighted by Gasteiger charge is -2.15. The van der Waals surface area contributed by atoms with E-state index in [2.05, 4.69) is 18.8 Å². The molecule has 5 nitrogen and oxygen atoms in total. The summed E-state index contributed by atoms with van der Waals surface area (Å²) in [7, 11) is 0. The first-order valence-electron chi connectivity index (χ1n) is 5.57. The Labute approximate surface area is 94.9 Å². The zero-order valence-electron chi connectivity index (χ0n) is 9.76. The summed E-state index contributed by atoms with van der Waals surface area (Å²) in [6, 6.07) is 1.51. The van der Waals surface area contributed by atoms with Gasteiger partial charge in [0.05, 0.1) is 0 Å². The molecular weight excluding hydrogens is 206 g/mol. The first-order chi connectivity index (χ1) is 7.54. The molecule has 5 heteroatoms. The van der Waals surface area contributed by atoms with Gasteiger partial charge >= 0.3 is 5.69 Å². The summed E-state index contributed by atoms with van der Waals surface area (Å²) in [5.41, 5.74) is 4.86. The van der Waals surface area contributed by atoms with Crippen molar-refractivity contribution in [2.45, 2.75) is 39.3 Å². The molecule has 0 aromatic carbocycles. The van der Waals surface area contributed by atoms with E-state index in [1.807, 2.05) is 0 Å². The van der Waals surface area contributed by atoms with Gasteiger partial charge in [0.15, 0.2) is 0 Å². The minimum absolute atomic E-state index is 0.176. The molecule has 0 saturated heterocycles. The lowest BCUT2D eigenvalue weighted by Crippen LogP contribution is -2.27. The average Bonchev–Trinajstić information content (AvgIpc) is 2.25. The largest absolute Gasteiger partial charge is 0.383 e. The molecule has 0 spiro atoms. The fraction of sp³-hybridized carbons (Fsp3) is 0.636. The molecule has 1 aromatic rings. The van der Waals surface area contributed by atoms with Gasteiger partial charge in [0.25, 0.3) is 0 Å². The molecule has 0 aliphatic carbocycles. The number of nitrogen functional groups attached to an aromatic ring is 1. The van der Waals surface area contributed by atoms with Gasteiger partial charge in [0.2, 0.25) is 0 Å². The van der Waals surface area contributed by atoms with Gasteiger partial charge in [0, 0.05) is 6.20 Å². The van der Waals surface area contributed by atoms with Gasteiger partial charge in [-0.1, -0.05) is 20.3 Å². The van der Waals surface area contributed by atoms with E-state index in [1.165, 1.54) is 16.8 Å². The van der Waals surface area contributed by atoms with E-state index >= 15 is 0 Å². The lowest BCUT2D eigenvalue weighted by molar-refractivity contribution is 0.0823. The number of hydrogen-bond acceptors (Lipinski definition) is 4. The van der Waals surface area contributed by atoms with Crippen molar-refractivity contribution >= 4 is 5.82 Å². The molecule has 2 unspecified atom stereocenters. The summed E-state index contributed by atoms with van der Waals surface area (Å²) in [6.45, 7) is 4.23. The number of rotatable bonds is 5. The van der Waals surface area contributed by atoms with E-state index in [0.717, 1.165) is 12.8 Å². The van der Waals surface area contributed by atoms with Crippen molar-refractivity contribution < 1.29 is 5.11 Å². The van der Waals surface area contributed by atoms with Crippen molar-refractivity contribution in [1.29, 1.82) is 0 Å².